The largest absolute Gasteiger partial charge is 0.382 e. The quantitative estimate of drug-likeness (QED) is 0.426. The lowest BCUT2D eigenvalue weighted by molar-refractivity contribution is 0.00590. The van der Waals surface area contributed by atoms with Crippen LogP contribution in [-0.4, -0.2) is 61.2 Å². The van der Waals surface area contributed by atoms with Gasteiger partial charge in [-0.25, -0.2) is 0 Å². The molecule has 1 unspecified atom stereocenters. The first-order valence-electron chi connectivity index (χ1n) is 7.11. The molecule has 2 radical (unpaired) electrons. The van der Waals surface area contributed by atoms with Gasteiger partial charge < -0.3 is 18.9 Å². The standard InChI is InChI=1S/C15H25BO4/c1-13-11-15(16)4-3-14(13)12-20-10-9-19-8-7-18-6-5-17-2/h3-4,13H,5-12H2,1-2H3. The summed E-state index contributed by atoms with van der Waals surface area (Å²) in [5, 5.41) is 0. The molecular formula is C15H25BO4. The van der Waals surface area contributed by atoms with Crippen molar-refractivity contribution in [1.29, 1.82) is 0 Å². The fourth-order valence-corrected chi connectivity index (χ4v) is 1.89. The van der Waals surface area contributed by atoms with E-state index >= 15 is 0 Å². The Bertz CT molecular complexity index is 315. The van der Waals surface area contributed by atoms with Crippen LogP contribution in [0.5, 0.6) is 0 Å². The molecule has 0 spiro atoms. The van der Waals surface area contributed by atoms with Crippen molar-refractivity contribution < 1.29 is 18.9 Å². The summed E-state index contributed by atoms with van der Waals surface area (Å²) in [6.07, 6.45) is 4.95. The highest BCUT2D eigenvalue weighted by atomic mass is 16.6. The van der Waals surface area contributed by atoms with Crippen molar-refractivity contribution >= 4 is 7.85 Å². The SMILES string of the molecule is [B]C1=CC=C(COCCOCCOCCOC)C(C)C1. The third kappa shape index (κ3) is 7.85. The van der Waals surface area contributed by atoms with Gasteiger partial charge in [0.1, 0.15) is 7.85 Å². The van der Waals surface area contributed by atoms with Gasteiger partial charge in [0.2, 0.25) is 0 Å². The number of methoxy groups -OCH3 is 1. The van der Waals surface area contributed by atoms with Gasteiger partial charge in [-0.3, -0.25) is 0 Å². The molecular weight excluding hydrogens is 255 g/mol. The first-order valence-corrected chi connectivity index (χ1v) is 7.11. The Morgan fingerprint density at radius 2 is 1.60 bits per heavy atom. The van der Waals surface area contributed by atoms with Crippen molar-refractivity contribution in [3.63, 3.8) is 0 Å². The maximum Gasteiger partial charge on any atom is 0.107 e. The van der Waals surface area contributed by atoms with Gasteiger partial charge in [-0.1, -0.05) is 19.1 Å². The summed E-state index contributed by atoms with van der Waals surface area (Å²) in [5.74, 6) is 0.468. The van der Waals surface area contributed by atoms with E-state index in [0.29, 0.717) is 52.2 Å². The van der Waals surface area contributed by atoms with E-state index in [4.69, 9.17) is 26.8 Å². The highest BCUT2D eigenvalue weighted by Crippen LogP contribution is 2.23. The van der Waals surface area contributed by atoms with Crippen molar-refractivity contribution in [1.82, 2.24) is 0 Å². The van der Waals surface area contributed by atoms with E-state index in [1.165, 1.54) is 5.57 Å². The molecule has 0 aromatic carbocycles. The minimum absolute atomic E-state index is 0.468. The number of rotatable bonds is 11. The van der Waals surface area contributed by atoms with Gasteiger partial charge in [-0.15, -0.1) is 5.47 Å². The molecule has 1 aliphatic rings. The topological polar surface area (TPSA) is 36.9 Å². The molecule has 5 heteroatoms. The molecule has 0 aliphatic heterocycles. The zero-order valence-corrected chi connectivity index (χ0v) is 12.6. The summed E-state index contributed by atoms with van der Waals surface area (Å²) in [4.78, 5) is 0. The van der Waals surface area contributed by atoms with Crippen LogP contribution in [0.3, 0.4) is 0 Å². The number of allylic oxidation sites excluding steroid dienone is 3. The monoisotopic (exact) mass is 280 g/mol. The molecule has 1 aliphatic carbocycles. The van der Waals surface area contributed by atoms with E-state index in [0.717, 1.165) is 11.9 Å². The molecule has 0 aromatic heterocycles. The van der Waals surface area contributed by atoms with E-state index in [9.17, 15) is 0 Å². The van der Waals surface area contributed by atoms with Crippen molar-refractivity contribution in [2.75, 3.05) is 53.4 Å². The number of hydrogen-bond acceptors (Lipinski definition) is 4. The van der Waals surface area contributed by atoms with Crippen LogP contribution in [-0.2, 0) is 18.9 Å². The summed E-state index contributed by atoms with van der Waals surface area (Å²) in [6.45, 7) is 6.42. The first-order chi connectivity index (χ1) is 9.74. The van der Waals surface area contributed by atoms with E-state index in [1.807, 2.05) is 6.08 Å². The Morgan fingerprint density at radius 3 is 2.20 bits per heavy atom. The van der Waals surface area contributed by atoms with Crippen LogP contribution in [0.4, 0.5) is 0 Å². The Kier molecular flexibility index (Phi) is 9.67. The zero-order chi connectivity index (χ0) is 14.6. The maximum absolute atomic E-state index is 5.78. The summed E-state index contributed by atoms with van der Waals surface area (Å²) in [6, 6.07) is 0. The van der Waals surface area contributed by atoms with Crippen molar-refractivity contribution in [3.05, 3.63) is 23.2 Å². The van der Waals surface area contributed by atoms with Crippen LogP contribution < -0.4 is 0 Å². The van der Waals surface area contributed by atoms with Gasteiger partial charge in [-0.2, -0.15) is 0 Å². The van der Waals surface area contributed by atoms with Gasteiger partial charge in [0.25, 0.3) is 0 Å². The molecule has 20 heavy (non-hydrogen) atoms. The second-order valence-corrected chi connectivity index (χ2v) is 4.86. The zero-order valence-electron chi connectivity index (χ0n) is 12.6. The third-order valence-corrected chi connectivity index (χ3v) is 3.13. The second kappa shape index (κ2) is 11.1. The van der Waals surface area contributed by atoms with Crippen LogP contribution in [0.25, 0.3) is 0 Å². The van der Waals surface area contributed by atoms with E-state index in [-0.39, 0.29) is 0 Å². The van der Waals surface area contributed by atoms with Gasteiger partial charge in [-0.05, 0) is 17.9 Å². The molecule has 0 saturated carbocycles. The van der Waals surface area contributed by atoms with E-state index < -0.39 is 0 Å². The lowest BCUT2D eigenvalue weighted by Gasteiger charge is -2.20. The normalized spacial score (nSPS) is 18.8. The summed E-state index contributed by atoms with van der Waals surface area (Å²) >= 11 is 0. The van der Waals surface area contributed by atoms with Crippen LogP contribution in [0, 0.1) is 5.92 Å². The highest BCUT2D eigenvalue weighted by molar-refractivity contribution is 6.21. The van der Waals surface area contributed by atoms with Gasteiger partial charge in [0.05, 0.1) is 46.2 Å². The molecule has 112 valence electrons. The van der Waals surface area contributed by atoms with Gasteiger partial charge >= 0.3 is 0 Å². The molecule has 0 bridgehead atoms. The predicted octanol–water partition coefficient (Wildman–Crippen LogP) is 1.70. The molecule has 1 rings (SSSR count). The lowest BCUT2D eigenvalue weighted by atomic mass is 9.80. The fraction of sp³-hybridized carbons (Fsp3) is 0.733. The second-order valence-electron chi connectivity index (χ2n) is 4.86. The molecule has 1 atom stereocenters. The average molecular weight is 280 g/mol. The van der Waals surface area contributed by atoms with Gasteiger partial charge in [0, 0.05) is 7.11 Å². The van der Waals surface area contributed by atoms with E-state index in [2.05, 4.69) is 13.0 Å². The summed E-state index contributed by atoms with van der Waals surface area (Å²) < 4.78 is 21.2. The number of ether oxygens (including phenoxy) is 4. The lowest BCUT2D eigenvalue weighted by Crippen LogP contribution is -2.14. The maximum atomic E-state index is 5.78. The van der Waals surface area contributed by atoms with Crippen molar-refractivity contribution in [2.24, 2.45) is 5.92 Å². The summed E-state index contributed by atoms with van der Waals surface area (Å²) in [7, 11) is 7.43. The van der Waals surface area contributed by atoms with Gasteiger partial charge in [0.15, 0.2) is 0 Å². The van der Waals surface area contributed by atoms with Crippen molar-refractivity contribution in [3.8, 4) is 0 Å². The Hall–Kier alpha value is -0.615. The minimum atomic E-state index is 0.468. The highest BCUT2D eigenvalue weighted by Gasteiger charge is 2.12. The Labute approximate surface area is 123 Å². The number of hydrogen-bond donors (Lipinski definition) is 0. The smallest absolute Gasteiger partial charge is 0.107 e. The van der Waals surface area contributed by atoms with E-state index in [1.54, 1.807) is 7.11 Å². The molecule has 4 nitrogen and oxygen atoms in total. The third-order valence-electron chi connectivity index (χ3n) is 3.13. The fourth-order valence-electron chi connectivity index (χ4n) is 1.89. The molecule has 0 saturated heterocycles. The Balaban J connectivity index is 1.92. The van der Waals surface area contributed by atoms with Crippen LogP contribution in [0.1, 0.15) is 13.3 Å². The Morgan fingerprint density at radius 1 is 1.00 bits per heavy atom. The van der Waals surface area contributed by atoms with Crippen molar-refractivity contribution in [2.45, 2.75) is 13.3 Å². The first kappa shape index (κ1) is 17.4. The molecule has 0 heterocycles. The minimum Gasteiger partial charge on any atom is -0.382 e. The van der Waals surface area contributed by atoms with Crippen LogP contribution >= 0.6 is 0 Å². The summed E-state index contributed by atoms with van der Waals surface area (Å²) in [5.41, 5.74) is 2.24. The van der Waals surface area contributed by atoms with Crippen LogP contribution in [0.15, 0.2) is 23.2 Å². The molecule has 0 N–H and O–H groups in total. The average Bonchev–Trinajstić information content (AvgIpc) is 2.43. The van der Waals surface area contributed by atoms with Crippen LogP contribution in [0.2, 0.25) is 0 Å². The molecule has 0 fully saturated rings. The molecule has 0 aromatic rings. The predicted molar refractivity (Wildman–Crippen MR) is 80.0 cm³/mol. The molecule has 0 amide bonds.